The summed E-state index contributed by atoms with van der Waals surface area (Å²) in [5.74, 6) is 0.679. The number of amidine groups is 1. The summed E-state index contributed by atoms with van der Waals surface area (Å²) in [7, 11) is 0. The van der Waals surface area contributed by atoms with Gasteiger partial charge in [-0.2, -0.15) is 0 Å². The second-order valence-corrected chi connectivity index (χ2v) is 5.85. The van der Waals surface area contributed by atoms with E-state index < -0.39 is 0 Å². The number of aliphatic imine (C=N–C) groups is 1. The molecule has 4 heteroatoms. The summed E-state index contributed by atoms with van der Waals surface area (Å²) in [5, 5.41) is 4.10. The van der Waals surface area contributed by atoms with Crippen molar-refractivity contribution in [3.8, 4) is 0 Å². The number of ketones is 1. The number of carbonyl (C=O) groups is 1. The first-order valence-electron chi connectivity index (χ1n) is 6.90. The van der Waals surface area contributed by atoms with Crippen LogP contribution in [-0.2, 0) is 11.2 Å². The monoisotopic (exact) mass is 296 g/mol. The Morgan fingerprint density at radius 1 is 1.05 bits per heavy atom. The van der Waals surface area contributed by atoms with E-state index in [1.807, 2.05) is 60.7 Å². The zero-order valence-electron chi connectivity index (χ0n) is 11.5. The highest BCUT2D eigenvalue weighted by Crippen LogP contribution is 2.20. The van der Waals surface area contributed by atoms with E-state index in [0.717, 1.165) is 16.4 Å². The first-order valence-corrected chi connectivity index (χ1v) is 7.89. The zero-order chi connectivity index (χ0) is 14.5. The van der Waals surface area contributed by atoms with Crippen molar-refractivity contribution in [2.45, 2.75) is 12.5 Å². The summed E-state index contributed by atoms with van der Waals surface area (Å²) in [6.45, 7) is 0. The number of hydrogen-bond donors (Lipinski definition) is 1. The largest absolute Gasteiger partial charge is 0.335 e. The molecule has 0 aliphatic carbocycles. The highest BCUT2D eigenvalue weighted by Gasteiger charge is 2.24. The second-order valence-electron chi connectivity index (χ2n) is 4.89. The number of rotatable bonds is 3. The SMILES string of the molecule is O=C1CSC(Nc2ccccc2)=NC1Cc1ccccc1. The Morgan fingerprint density at radius 2 is 1.71 bits per heavy atom. The van der Waals surface area contributed by atoms with Crippen molar-refractivity contribution in [1.82, 2.24) is 0 Å². The average molecular weight is 296 g/mol. The third-order valence-electron chi connectivity index (χ3n) is 3.29. The lowest BCUT2D eigenvalue weighted by Gasteiger charge is -2.20. The number of nitrogens with one attached hydrogen (secondary N) is 1. The van der Waals surface area contributed by atoms with E-state index >= 15 is 0 Å². The van der Waals surface area contributed by atoms with Gasteiger partial charge in [0.1, 0.15) is 6.04 Å². The number of thioether (sulfide) groups is 1. The minimum atomic E-state index is -0.278. The van der Waals surface area contributed by atoms with Gasteiger partial charge in [0.2, 0.25) is 0 Å². The first-order chi connectivity index (χ1) is 10.3. The molecule has 1 aliphatic heterocycles. The van der Waals surface area contributed by atoms with Crippen molar-refractivity contribution in [1.29, 1.82) is 0 Å². The minimum absolute atomic E-state index is 0.197. The van der Waals surface area contributed by atoms with Gasteiger partial charge in [-0.05, 0) is 17.7 Å². The Hall–Kier alpha value is -2.07. The number of benzene rings is 2. The molecule has 1 unspecified atom stereocenters. The molecule has 0 bridgehead atoms. The van der Waals surface area contributed by atoms with Crippen LogP contribution in [0.3, 0.4) is 0 Å². The number of carbonyl (C=O) groups excluding carboxylic acids is 1. The Morgan fingerprint density at radius 3 is 2.43 bits per heavy atom. The molecule has 0 fully saturated rings. The topological polar surface area (TPSA) is 41.5 Å². The molecular formula is C17H16N2OS. The van der Waals surface area contributed by atoms with Crippen molar-refractivity contribution in [2.75, 3.05) is 11.1 Å². The molecule has 0 radical (unpaired) electrons. The van der Waals surface area contributed by atoms with Gasteiger partial charge in [0.05, 0.1) is 5.75 Å². The van der Waals surface area contributed by atoms with E-state index in [1.165, 1.54) is 11.8 Å². The second kappa shape index (κ2) is 6.59. The zero-order valence-corrected chi connectivity index (χ0v) is 12.3. The molecule has 2 aromatic carbocycles. The van der Waals surface area contributed by atoms with Crippen LogP contribution in [-0.4, -0.2) is 22.7 Å². The van der Waals surface area contributed by atoms with E-state index in [-0.39, 0.29) is 11.8 Å². The van der Waals surface area contributed by atoms with Crippen LogP contribution in [0.25, 0.3) is 0 Å². The van der Waals surface area contributed by atoms with Gasteiger partial charge < -0.3 is 5.32 Å². The molecule has 3 nitrogen and oxygen atoms in total. The third-order valence-corrected chi connectivity index (χ3v) is 4.20. The lowest BCUT2D eigenvalue weighted by atomic mass is 10.0. The summed E-state index contributed by atoms with van der Waals surface area (Å²) >= 11 is 1.47. The molecule has 1 heterocycles. The van der Waals surface area contributed by atoms with Crippen LogP contribution in [0.4, 0.5) is 5.69 Å². The van der Waals surface area contributed by atoms with Crippen molar-refractivity contribution in [3.05, 3.63) is 66.2 Å². The fourth-order valence-corrected chi connectivity index (χ4v) is 3.06. The van der Waals surface area contributed by atoms with Crippen LogP contribution in [0.5, 0.6) is 0 Å². The van der Waals surface area contributed by atoms with Crippen molar-refractivity contribution < 1.29 is 4.79 Å². The fourth-order valence-electron chi connectivity index (χ4n) is 2.20. The Labute approximate surface area is 128 Å². The number of nitrogens with zero attached hydrogens (tertiary/aromatic N) is 1. The van der Waals surface area contributed by atoms with E-state index in [0.29, 0.717) is 12.2 Å². The predicted octanol–water partition coefficient (Wildman–Crippen LogP) is 3.38. The van der Waals surface area contributed by atoms with E-state index in [9.17, 15) is 4.79 Å². The number of para-hydroxylation sites is 1. The fraction of sp³-hybridized carbons (Fsp3) is 0.176. The van der Waals surface area contributed by atoms with Crippen LogP contribution in [0.2, 0.25) is 0 Å². The molecule has 106 valence electrons. The quantitative estimate of drug-likeness (QED) is 0.944. The highest BCUT2D eigenvalue weighted by atomic mass is 32.2. The van der Waals surface area contributed by atoms with Crippen LogP contribution in [0.1, 0.15) is 5.56 Å². The number of Topliss-reactive ketones (excluding diaryl/α,β-unsaturated/α-hetero) is 1. The van der Waals surface area contributed by atoms with Crippen LogP contribution < -0.4 is 5.32 Å². The highest BCUT2D eigenvalue weighted by molar-refractivity contribution is 8.14. The van der Waals surface area contributed by atoms with Gasteiger partial charge in [0, 0.05) is 12.1 Å². The Kier molecular flexibility index (Phi) is 4.36. The molecule has 1 atom stereocenters. The van der Waals surface area contributed by atoms with Crippen LogP contribution in [0.15, 0.2) is 65.7 Å². The lowest BCUT2D eigenvalue weighted by Crippen LogP contribution is -2.31. The van der Waals surface area contributed by atoms with Crippen molar-refractivity contribution >= 4 is 28.4 Å². The van der Waals surface area contributed by atoms with Crippen LogP contribution in [0, 0.1) is 0 Å². The smallest absolute Gasteiger partial charge is 0.168 e. The maximum Gasteiger partial charge on any atom is 0.168 e. The maximum atomic E-state index is 12.0. The van der Waals surface area contributed by atoms with E-state index in [1.54, 1.807) is 0 Å². The first kappa shape index (κ1) is 13.9. The van der Waals surface area contributed by atoms with Gasteiger partial charge >= 0.3 is 0 Å². The molecule has 3 rings (SSSR count). The van der Waals surface area contributed by atoms with E-state index in [2.05, 4.69) is 10.3 Å². The molecular weight excluding hydrogens is 280 g/mol. The molecule has 0 amide bonds. The Bertz CT molecular complexity index is 640. The van der Waals surface area contributed by atoms with Crippen LogP contribution >= 0.6 is 11.8 Å². The van der Waals surface area contributed by atoms with Gasteiger partial charge in [-0.3, -0.25) is 9.79 Å². The molecule has 0 aromatic heterocycles. The molecule has 21 heavy (non-hydrogen) atoms. The summed E-state index contributed by atoms with van der Waals surface area (Å²) in [5.41, 5.74) is 2.14. The summed E-state index contributed by atoms with van der Waals surface area (Å²) in [6.07, 6.45) is 0.667. The van der Waals surface area contributed by atoms with Crippen molar-refractivity contribution in [2.24, 2.45) is 4.99 Å². The predicted molar refractivity (Wildman–Crippen MR) is 88.9 cm³/mol. The van der Waals surface area contributed by atoms with Gasteiger partial charge in [-0.25, -0.2) is 0 Å². The average Bonchev–Trinajstić information content (AvgIpc) is 2.53. The lowest BCUT2D eigenvalue weighted by molar-refractivity contribution is -0.117. The molecule has 1 N–H and O–H groups in total. The van der Waals surface area contributed by atoms with E-state index in [4.69, 9.17) is 0 Å². The number of hydrogen-bond acceptors (Lipinski definition) is 4. The third kappa shape index (κ3) is 3.73. The molecule has 0 saturated heterocycles. The van der Waals surface area contributed by atoms with Gasteiger partial charge in [0.25, 0.3) is 0 Å². The summed E-state index contributed by atoms with van der Waals surface area (Å²) in [6, 6.07) is 19.7. The van der Waals surface area contributed by atoms with Gasteiger partial charge in [0.15, 0.2) is 11.0 Å². The molecule has 1 aliphatic rings. The Balaban J connectivity index is 1.73. The number of anilines is 1. The summed E-state index contributed by atoms with van der Waals surface area (Å²) < 4.78 is 0. The van der Waals surface area contributed by atoms with Crippen molar-refractivity contribution in [3.63, 3.8) is 0 Å². The van der Waals surface area contributed by atoms with Gasteiger partial charge in [-0.15, -0.1) is 0 Å². The standard InChI is InChI=1S/C17H16N2OS/c20-16-12-21-17(18-14-9-5-2-6-10-14)19-15(16)11-13-7-3-1-4-8-13/h1-10,15H,11-12H2,(H,18,19). The summed E-state index contributed by atoms with van der Waals surface area (Å²) in [4.78, 5) is 16.6. The molecule has 0 spiro atoms. The maximum absolute atomic E-state index is 12.0. The molecule has 0 saturated carbocycles. The minimum Gasteiger partial charge on any atom is -0.335 e. The van der Waals surface area contributed by atoms with Gasteiger partial charge in [-0.1, -0.05) is 60.3 Å². The molecule has 2 aromatic rings. The normalized spacial score (nSPS) is 18.2.